The van der Waals surface area contributed by atoms with Crippen LogP contribution in [0, 0.1) is 5.92 Å². The van der Waals surface area contributed by atoms with E-state index in [2.05, 4.69) is 5.32 Å². The van der Waals surface area contributed by atoms with Gasteiger partial charge in [0.15, 0.2) is 9.84 Å². The van der Waals surface area contributed by atoms with E-state index in [-0.39, 0.29) is 16.6 Å². The largest absolute Gasteiger partial charge is 0.418 e. The monoisotopic (exact) mass is 350 g/mol. The maximum Gasteiger partial charge on any atom is 0.418 e. The number of sulfone groups is 1. The number of hydrogen-bond acceptors (Lipinski definition) is 4. The van der Waals surface area contributed by atoms with Gasteiger partial charge in [0.05, 0.1) is 10.5 Å². The summed E-state index contributed by atoms with van der Waals surface area (Å²) in [7, 11) is -3.69. The van der Waals surface area contributed by atoms with Crippen molar-refractivity contribution >= 4 is 15.5 Å². The van der Waals surface area contributed by atoms with Gasteiger partial charge < -0.3 is 11.1 Å². The third-order valence-corrected chi connectivity index (χ3v) is 5.31. The quantitative estimate of drug-likeness (QED) is 0.875. The molecule has 0 aromatic heterocycles. The average molecular weight is 350 g/mol. The van der Waals surface area contributed by atoms with Crippen LogP contribution >= 0.6 is 0 Å². The third kappa shape index (κ3) is 4.60. The summed E-state index contributed by atoms with van der Waals surface area (Å²) in [5.74, 6) is 0.311. The highest BCUT2D eigenvalue weighted by atomic mass is 32.2. The molecule has 1 aliphatic carbocycles. The summed E-state index contributed by atoms with van der Waals surface area (Å²) in [5, 5.41) is 2.93. The molecule has 3 N–H and O–H groups in total. The van der Waals surface area contributed by atoms with E-state index < -0.39 is 21.6 Å². The molecule has 0 heterocycles. The zero-order valence-corrected chi connectivity index (χ0v) is 13.7. The molecular weight excluding hydrogens is 329 g/mol. The Kier molecular flexibility index (Phi) is 5.25. The smallest absolute Gasteiger partial charge is 0.382 e. The molecule has 0 aliphatic heterocycles. The van der Waals surface area contributed by atoms with E-state index in [1.165, 1.54) is 12.1 Å². The van der Waals surface area contributed by atoms with Crippen molar-refractivity contribution in [2.24, 2.45) is 11.7 Å². The Balaban J connectivity index is 2.31. The normalized spacial score (nSPS) is 22.8. The zero-order valence-electron chi connectivity index (χ0n) is 12.9. The van der Waals surface area contributed by atoms with Crippen LogP contribution < -0.4 is 11.1 Å². The summed E-state index contributed by atoms with van der Waals surface area (Å²) in [6.45, 7) is 0.525. The van der Waals surface area contributed by atoms with Crippen molar-refractivity contribution < 1.29 is 21.6 Å². The third-order valence-electron chi connectivity index (χ3n) is 4.20. The Labute approximate surface area is 134 Å². The number of anilines is 1. The maximum atomic E-state index is 13.3. The molecule has 1 aliphatic rings. The molecule has 0 spiro atoms. The fourth-order valence-electron chi connectivity index (χ4n) is 2.97. The number of benzene rings is 1. The molecule has 0 radical (unpaired) electrons. The summed E-state index contributed by atoms with van der Waals surface area (Å²) < 4.78 is 62.8. The van der Waals surface area contributed by atoms with Crippen molar-refractivity contribution in [2.45, 2.75) is 42.8 Å². The second kappa shape index (κ2) is 6.68. The van der Waals surface area contributed by atoms with Crippen molar-refractivity contribution in [2.75, 3.05) is 18.1 Å². The minimum absolute atomic E-state index is 0.0763. The number of halogens is 3. The molecule has 0 saturated heterocycles. The Morgan fingerprint density at radius 1 is 1.30 bits per heavy atom. The van der Waals surface area contributed by atoms with Crippen molar-refractivity contribution in [1.82, 2.24) is 0 Å². The first kappa shape index (κ1) is 18.1. The number of hydrogen-bond donors (Lipinski definition) is 2. The van der Waals surface area contributed by atoms with Gasteiger partial charge in [0.25, 0.3) is 0 Å². The highest BCUT2D eigenvalue weighted by molar-refractivity contribution is 7.90. The van der Waals surface area contributed by atoms with Crippen LogP contribution in [-0.2, 0) is 16.0 Å². The summed E-state index contributed by atoms with van der Waals surface area (Å²) in [6, 6.07) is 3.02. The standard InChI is InChI=1S/C15H21F3N2O2S/c1-23(21,22)12-5-6-14(13(8-12)15(16,17)18)20-11-4-2-3-10(7-11)9-19/h5-6,8,10-11,20H,2-4,7,9,19H2,1H3. The highest BCUT2D eigenvalue weighted by Crippen LogP contribution is 2.37. The molecule has 1 saturated carbocycles. The molecule has 2 unspecified atom stereocenters. The van der Waals surface area contributed by atoms with Gasteiger partial charge in [-0.2, -0.15) is 13.2 Å². The van der Waals surface area contributed by atoms with Crippen molar-refractivity contribution in [1.29, 1.82) is 0 Å². The van der Waals surface area contributed by atoms with Gasteiger partial charge in [0.2, 0.25) is 0 Å². The van der Waals surface area contributed by atoms with Crippen LogP contribution in [0.15, 0.2) is 23.1 Å². The molecule has 2 atom stereocenters. The highest BCUT2D eigenvalue weighted by Gasteiger charge is 2.35. The summed E-state index contributed by atoms with van der Waals surface area (Å²) in [6.07, 6.45) is -0.313. The SMILES string of the molecule is CS(=O)(=O)c1ccc(NC2CCCC(CN)C2)c(C(F)(F)F)c1. The van der Waals surface area contributed by atoms with E-state index in [9.17, 15) is 21.6 Å². The maximum absolute atomic E-state index is 13.3. The van der Waals surface area contributed by atoms with Gasteiger partial charge in [-0.25, -0.2) is 8.42 Å². The molecule has 1 fully saturated rings. The lowest BCUT2D eigenvalue weighted by Gasteiger charge is -2.30. The molecule has 0 amide bonds. The fraction of sp³-hybridized carbons (Fsp3) is 0.600. The summed E-state index contributed by atoms with van der Waals surface area (Å²) >= 11 is 0. The predicted molar refractivity (Wildman–Crippen MR) is 83.0 cm³/mol. The lowest BCUT2D eigenvalue weighted by molar-refractivity contribution is -0.137. The molecule has 1 aromatic carbocycles. The van der Waals surface area contributed by atoms with Gasteiger partial charge in [-0.3, -0.25) is 0 Å². The number of nitrogens with two attached hydrogens (primary N) is 1. The van der Waals surface area contributed by atoms with Gasteiger partial charge in [-0.1, -0.05) is 6.42 Å². The molecule has 130 valence electrons. The van der Waals surface area contributed by atoms with E-state index >= 15 is 0 Å². The van der Waals surface area contributed by atoms with Gasteiger partial charge in [-0.15, -0.1) is 0 Å². The number of nitrogens with one attached hydrogen (secondary N) is 1. The summed E-state index contributed by atoms with van der Waals surface area (Å²) in [5.41, 5.74) is 4.63. The van der Waals surface area contributed by atoms with E-state index in [4.69, 9.17) is 5.73 Å². The van der Waals surface area contributed by atoms with E-state index in [0.717, 1.165) is 31.9 Å². The van der Waals surface area contributed by atoms with Crippen LogP contribution in [0.3, 0.4) is 0 Å². The molecule has 23 heavy (non-hydrogen) atoms. The van der Waals surface area contributed by atoms with Crippen LogP contribution in [0.1, 0.15) is 31.2 Å². The molecule has 8 heteroatoms. The molecule has 4 nitrogen and oxygen atoms in total. The Morgan fingerprint density at radius 2 is 2.00 bits per heavy atom. The predicted octanol–water partition coefficient (Wildman–Crippen LogP) is 3.04. The minimum Gasteiger partial charge on any atom is -0.382 e. The lowest BCUT2D eigenvalue weighted by Crippen LogP contribution is -2.31. The second-order valence-corrected chi connectivity index (χ2v) is 8.10. The van der Waals surface area contributed by atoms with Crippen LogP contribution in [0.5, 0.6) is 0 Å². The number of alkyl halides is 3. The molecule has 2 rings (SSSR count). The summed E-state index contributed by atoms with van der Waals surface area (Å²) in [4.78, 5) is -0.334. The average Bonchev–Trinajstić information content (AvgIpc) is 2.45. The first-order valence-electron chi connectivity index (χ1n) is 7.49. The first-order valence-corrected chi connectivity index (χ1v) is 9.38. The molecule has 0 bridgehead atoms. The van der Waals surface area contributed by atoms with E-state index in [0.29, 0.717) is 18.5 Å². The van der Waals surface area contributed by atoms with Crippen LogP contribution in [0.25, 0.3) is 0 Å². The minimum atomic E-state index is -4.62. The van der Waals surface area contributed by atoms with Crippen LogP contribution in [0.2, 0.25) is 0 Å². The van der Waals surface area contributed by atoms with Crippen molar-refractivity contribution in [3.05, 3.63) is 23.8 Å². The first-order chi connectivity index (χ1) is 10.6. The van der Waals surface area contributed by atoms with Gasteiger partial charge in [-0.05, 0) is 49.9 Å². The van der Waals surface area contributed by atoms with Gasteiger partial charge in [0, 0.05) is 18.0 Å². The molecule has 1 aromatic rings. The molecular formula is C15H21F3N2O2S. The van der Waals surface area contributed by atoms with Crippen LogP contribution in [-0.4, -0.2) is 27.3 Å². The fourth-order valence-corrected chi connectivity index (χ4v) is 3.62. The van der Waals surface area contributed by atoms with Gasteiger partial charge in [0.1, 0.15) is 0 Å². The lowest BCUT2D eigenvalue weighted by atomic mass is 9.85. The second-order valence-electron chi connectivity index (χ2n) is 6.09. The Morgan fingerprint density at radius 3 is 2.57 bits per heavy atom. The van der Waals surface area contributed by atoms with E-state index in [1.54, 1.807) is 0 Å². The van der Waals surface area contributed by atoms with Gasteiger partial charge >= 0.3 is 6.18 Å². The number of rotatable bonds is 4. The van der Waals surface area contributed by atoms with Crippen LogP contribution in [0.4, 0.5) is 18.9 Å². The Bertz CT molecular complexity index is 659. The van der Waals surface area contributed by atoms with E-state index in [1.807, 2.05) is 0 Å². The Hall–Kier alpha value is -1.28. The van der Waals surface area contributed by atoms with Crippen molar-refractivity contribution in [3.63, 3.8) is 0 Å². The zero-order chi connectivity index (χ0) is 17.3. The topological polar surface area (TPSA) is 72.2 Å². The van der Waals surface area contributed by atoms with Crippen molar-refractivity contribution in [3.8, 4) is 0 Å².